The van der Waals surface area contributed by atoms with E-state index in [1.54, 1.807) is 6.92 Å². The minimum atomic E-state index is -0.947. The molecule has 0 aromatic carbocycles. The van der Waals surface area contributed by atoms with E-state index in [0.29, 0.717) is 0 Å². The highest BCUT2D eigenvalue weighted by molar-refractivity contribution is 5.90. The fourth-order valence-corrected chi connectivity index (χ4v) is 1.25. The average Bonchev–Trinajstić information content (AvgIpc) is 2.32. The summed E-state index contributed by atoms with van der Waals surface area (Å²) in [4.78, 5) is 21.7. The molecule has 11 heavy (non-hydrogen) atoms. The lowest BCUT2D eigenvalue weighted by Crippen LogP contribution is -2.48. The van der Waals surface area contributed by atoms with E-state index in [4.69, 9.17) is 9.47 Å². The molecule has 60 valence electrons. The Kier molecular flexibility index (Phi) is 0.976. The van der Waals surface area contributed by atoms with E-state index in [9.17, 15) is 9.59 Å². The fraction of sp³-hybridized carbons (Fsp3) is 0.667. The molecule has 2 atom stereocenters. The number of nitrogens with one attached hydrogen (secondary N) is 1. The molecule has 0 aromatic rings. The first-order valence-electron chi connectivity index (χ1n) is 3.29. The number of hydrogen-bond acceptors (Lipinski definition) is 4. The maximum absolute atomic E-state index is 11.0. The lowest BCUT2D eigenvalue weighted by atomic mass is 10.00. The maximum Gasteiger partial charge on any atom is 0.408 e. The Morgan fingerprint density at radius 2 is 2.36 bits per heavy atom. The van der Waals surface area contributed by atoms with Crippen LogP contribution in [0, 0.1) is 0 Å². The van der Waals surface area contributed by atoms with Gasteiger partial charge in [-0.2, -0.15) is 0 Å². The van der Waals surface area contributed by atoms with Crippen molar-refractivity contribution in [1.29, 1.82) is 0 Å². The van der Waals surface area contributed by atoms with Gasteiger partial charge in [-0.05, 0) is 6.92 Å². The van der Waals surface area contributed by atoms with E-state index in [-0.39, 0.29) is 6.61 Å². The van der Waals surface area contributed by atoms with Gasteiger partial charge in [0, 0.05) is 0 Å². The Morgan fingerprint density at radius 3 is 3.00 bits per heavy atom. The highest BCUT2D eigenvalue weighted by atomic mass is 16.6. The Bertz CT molecular complexity index is 239. The molecule has 1 N–H and O–H groups in total. The van der Waals surface area contributed by atoms with Crippen LogP contribution in [0.4, 0.5) is 4.79 Å². The number of carbonyl (C=O) groups excluding carboxylic acids is 2. The van der Waals surface area contributed by atoms with Crippen molar-refractivity contribution in [3.63, 3.8) is 0 Å². The summed E-state index contributed by atoms with van der Waals surface area (Å²) in [6.45, 7) is 1.76. The van der Waals surface area contributed by atoms with Crippen molar-refractivity contribution in [2.45, 2.75) is 18.6 Å². The molecular formula is C6H7NO4. The predicted molar refractivity (Wildman–Crippen MR) is 32.8 cm³/mol. The Labute approximate surface area is 62.7 Å². The van der Waals surface area contributed by atoms with Crippen LogP contribution in [0.2, 0.25) is 0 Å². The molecule has 0 bridgehead atoms. The van der Waals surface area contributed by atoms with Crippen molar-refractivity contribution < 1.29 is 19.1 Å². The van der Waals surface area contributed by atoms with Gasteiger partial charge in [-0.25, -0.2) is 9.59 Å². The van der Waals surface area contributed by atoms with Crippen molar-refractivity contribution in [2.75, 3.05) is 6.61 Å². The van der Waals surface area contributed by atoms with Crippen LogP contribution in [-0.2, 0) is 14.3 Å². The second-order valence-electron chi connectivity index (χ2n) is 2.82. The topological polar surface area (TPSA) is 64.6 Å². The third-order valence-corrected chi connectivity index (χ3v) is 2.04. The van der Waals surface area contributed by atoms with E-state index >= 15 is 0 Å². The Morgan fingerprint density at radius 1 is 1.64 bits per heavy atom. The number of fused-ring (bicyclic) bond motifs is 1. The number of ether oxygens (including phenoxy) is 2. The monoisotopic (exact) mass is 157 g/mol. The molecular weight excluding hydrogens is 150 g/mol. The van der Waals surface area contributed by atoms with Gasteiger partial charge in [0.2, 0.25) is 0 Å². The molecule has 0 aliphatic carbocycles. The van der Waals surface area contributed by atoms with Gasteiger partial charge in [-0.3, -0.25) is 0 Å². The normalized spacial score (nSPS) is 41.0. The number of rotatable bonds is 0. The van der Waals surface area contributed by atoms with Crippen LogP contribution in [-0.4, -0.2) is 30.3 Å². The van der Waals surface area contributed by atoms with Gasteiger partial charge in [-0.15, -0.1) is 0 Å². The summed E-state index contributed by atoms with van der Waals surface area (Å²) in [5, 5.41) is 2.41. The molecule has 2 aliphatic heterocycles. The van der Waals surface area contributed by atoms with E-state index in [1.165, 1.54) is 0 Å². The lowest BCUT2D eigenvalue weighted by Gasteiger charge is -2.13. The van der Waals surface area contributed by atoms with Crippen LogP contribution >= 0.6 is 0 Å². The number of carbonyl (C=O) groups is 2. The molecule has 2 saturated heterocycles. The standard InChI is InChI=1S/C6H7NO4/c1-6-3(2-10-4(6)8)11-5(9)7-6/h3H,2H2,1H3,(H,7,9). The zero-order valence-corrected chi connectivity index (χ0v) is 5.92. The zero-order valence-electron chi connectivity index (χ0n) is 5.92. The van der Waals surface area contributed by atoms with Crippen LogP contribution in [0.3, 0.4) is 0 Å². The van der Waals surface area contributed by atoms with Gasteiger partial charge in [0.05, 0.1) is 0 Å². The van der Waals surface area contributed by atoms with Gasteiger partial charge >= 0.3 is 12.1 Å². The van der Waals surface area contributed by atoms with Crippen LogP contribution in [0.1, 0.15) is 6.92 Å². The molecule has 2 rings (SSSR count). The van der Waals surface area contributed by atoms with Crippen LogP contribution in [0.5, 0.6) is 0 Å². The second kappa shape index (κ2) is 1.66. The molecule has 0 spiro atoms. The van der Waals surface area contributed by atoms with Gasteiger partial charge < -0.3 is 14.8 Å². The first-order valence-corrected chi connectivity index (χ1v) is 3.29. The Balaban J connectivity index is 2.33. The molecule has 2 heterocycles. The van der Waals surface area contributed by atoms with Crippen molar-refractivity contribution in [3.05, 3.63) is 0 Å². The molecule has 0 radical (unpaired) electrons. The Hall–Kier alpha value is -1.26. The SMILES string of the molecule is CC12NC(=O)OC1COC2=O. The minimum Gasteiger partial charge on any atom is -0.460 e. The molecule has 5 heteroatoms. The molecule has 2 fully saturated rings. The van der Waals surface area contributed by atoms with Crippen molar-refractivity contribution in [2.24, 2.45) is 0 Å². The minimum absolute atomic E-state index is 0.161. The van der Waals surface area contributed by atoms with Gasteiger partial charge in [0.15, 0.2) is 11.6 Å². The molecule has 5 nitrogen and oxygen atoms in total. The largest absolute Gasteiger partial charge is 0.460 e. The van der Waals surface area contributed by atoms with Crippen molar-refractivity contribution in [1.82, 2.24) is 5.32 Å². The van der Waals surface area contributed by atoms with Gasteiger partial charge in [0.25, 0.3) is 0 Å². The van der Waals surface area contributed by atoms with Crippen molar-refractivity contribution in [3.8, 4) is 0 Å². The second-order valence-corrected chi connectivity index (χ2v) is 2.82. The van der Waals surface area contributed by atoms with Crippen LogP contribution in [0.25, 0.3) is 0 Å². The van der Waals surface area contributed by atoms with Crippen LogP contribution < -0.4 is 5.32 Å². The molecule has 0 aromatic heterocycles. The van der Waals surface area contributed by atoms with E-state index < -0.39 is 23.7 Å². The summed E-state index contributed by atoms with van der Waals surface area (Å²) in [6, 6.07) is 0. The molecule has 2 unspecified atom stereocenters. The number of amides is 1. The zero-order chi connectivity index (χ0) is 8.06. The first kappa shape index (κ1) is 6.45. The summed E-state index contributed by atoms with van der Waals surface area (Å²) >= 11 is 0. The number of cyclic esters (lactones) is 1. The highest BCUT2D eigenvalue weighted by Gasteiger charge is 2.57. The third kappa shape index (κ3) is 0.649. The number of esters is 1. The highest BCUT2D eigenvalue weighted by Crippen LogP contribution is 2.27. The maximum atomic E-state index is 11.0. The summed E-state index contributed by atoms with van der Waals surface area (Å²) in [7, 11) is 0. The van der Waals surface area contributed by atoms with Crippen molar-refractivity contribution >= 4 is 12.1 Å². The number of alkyl carbamates (subject to hydrolysis) is 1. The quantitative estimate of drug-likeness (QED) is 0.477. The van der Waals surface area contributed by atoms with Crippen LogP contribution in [0.15, 0.2) is 0 Å². The summed E-state index contributed by atoms with van der Waals surface area (Å²) in [5.74, 6) is -0.423. The van der Waals surface area contributed by atoms with E-state index in [1.807, 2.05) is 0 Å². The number of hydrogen-bond donors (Lipinski definition) is 1. The summed E-state index contributed by atoms with van der Waals surface area (Å²) in [5.41, 5.74) is -0.947. The first-order chi connectivity index (χ1) is 5.13. The molecule has 1 amide bonds. The predicted octanol–water partition coefficient (Wildman–Crippen LogP) is -0.590. The van der Waals surface area contributed by atoms with E-state index in [2.05, 4.69) is 5.32 Å². The third-order valence-electron chi connectivity index (χ3n) is 2.04. The average molecular weight is 157 g/mol. The van der Waals surface area contributed by atoms with Gasteiger partial charge in [-0.1, -0.05) is 0 Å². The fourth-order valence-electron chi connectivity index (χ4n) is 1.25. The van der Waals surface area contributed by atoms with Gasteiger partial charge in [0.1, 0.15) is 6.61 Å². The lowest BCUT2D eigenvalue weighted by molar-refractivity contribution is -0.142. The molecule has 0 saturated carbocycles. The summed E-state index contributed by atoms with van der Waals surface area (Å²) in [6.07, 6.45) is -1.00. The summed E-state index contributed by atoms with van der Waals surface area (Å²) < 4.78 is 9.46. The smallest absolute Gasteiger partial charge is 0.408 e. The van der Waals surface area contributed by atoms with E-state index in [0.717, 1.165) is 0 Å². The molecule has 2 aliphatic rings.